The van der Waals surface area contributed by atoms with Crippen LogP contribution in [-0.4, -0.2) is 27.7 Å². The van der Waals surface area contributed by atoms with E-state index in [1.165, 1.54) is 57.8 Å². The van der Waals surface area contributed by atoms with E-state index >= 15 is 0 Å². The molecule has 0 atom stereocenters. The lowest BCUT2D eigenvalue weighted by molar-refractivity contribution is 0.460. The lowest BCUT2D eigenvalue weighted by Crippen LogP contribution is -2.76. The second kappa shape index (κ2) is 7.77. The molecule has 112 valence electrons. The SMILES string of the molecule is CCN[Si](NCC)(NC1CCCC1)C1CCCCC1. The molecule has 3 N–H and O–H groups in total. The van der Waals surface area contributed by atoms with E-state index in [1.807, 2.05) is 0 Å². The van der Waals surface area contributed by atoms with E-state index in [-0.39, 0.29) is 0 Å². The monoisotopic (exact) mass is 283 g/mol. The molecule has 0 heterocycles. The largest absolute Gasteiger partial charge is 0.313 e. The molecule has 0 aliphatic heterocycles. The molecule has 19 heavy (non-hydrogen) atoms. The van der Waals surface area contributed by atoms with Crippen LogP contribution in [0.15, 0.2) is 0 Å². The first-order valence-corrected chi connectivity index (χ1v) is 10.7. The summed E-state index contributed by atoms with van der Waals surface area (Å²) in [4.78, 5) is 11.9. The van der Waals surface area contributed by atoms with Crippen molar-refractivity contribution in [2.45, 2.75) is 83.2 Å². The van der Waals surface area contributed by atoms with Crippen LogP contribution in [0.4, 0.5) is 0 Å². The fourth-order valence-electron chi connectivity index (χ4n) is 4.06. The van der Waals surface area contributed by atoms with Gasteiger partial charge in [-0.05, 0) is 44.3 Å². The highest BCUT2D eigenvalue weighted by Crippen LogP contribution is 2.34. The van der Waals surface area contributed by atoms with E-state index in [4.69, 9.17) is 0 Å². The van der Waals surface area contributed by atoms with E-state index < -0.39 is 8.56 Å². The number of rotatable bonds is 7. The Kier molecular flexibility index (Phi) is 6.33. The average molecular weight is 284 g/mol. The Labute approximate surface area is 120 Å². The Hall–Kier alpha value is 0.0969. The molecular weight excluding hydrogens is 250 g/mol. The summed E-state index contributed by atoms with van der Waals surface area (Å²) in [6, 6.07) is 0.770. The first-order chi connectivity index (χ1) is 9.30. The van der Waals surface area contributed by atoms with Gasteiger partial charge in [-0.15, -0.1) is 0 Å². The molecule has 4 heteroatoms. The Bertz CT molecular complexity index is 242. The predicted molar refractivity (Wildman–Crippen MR) is 85.3 cm³/mol. The highest BCUT2D eigenvalue weighted by atomic mass is 28.4. The minimum Gasteiger partial charge on any atom is -0.313 e. The molecule has 0 saturated heterocycles. The van der Waals surface area contributed by atoms with Crippen LogP contribution in [0.2, 0.25) is 5.54 Å². The summed E-state index contributed by atoms with van der Waals surface area (Å²) >= 11 is 0. The molecule has 0 aromatic heterocycles. The zero-order chi connectivity index (χ0) is 13.6. The van der Waals surface area contributed by atoms with Crippen molar-refractivity contribution < 1.29 is 0 Å². The van der Waals surface area contributed by atoms with Gasteiger partial charge in [0.05, 0.1) is 0 Å². The molecule has 0 spiro atoms. The maximum absolute atomic E-state index is 4.12. The lowest BCUT2D eigenvalue weighted by atomic mass is 10.0. The smallest absolute Gasteiger partial charge is 0.284 e. The van der Waals surface area contributed by atoms with Gasteiger partial charge in [0, 0.05) is 6.04 Å². The van der Waals surface area contributed by atoms with Crippen molar-refractivity contribution in [3.63, 3.8) is 0 Å². The Balaban J connectivity index is 2.07. The van der Waals surface area contributed by atoms with Crippen LogP contribution >= 0.6 is 0 Å². The van der Waals surface area contributed by atoms with Crippen LogP contribution < -0.4 is 14.9 Å². The zero-order valence-electron chi connectivity index (χ0n) is 12.9. The van der Waals surface area contributed by atoms with E-state index in [0.29, 0.717) is 0 Å². The Morgan fingerprint density at radius 2 is 1.32 bits per heavy atom. The molecular formula is C15H33N3Si. The van der Waals surface area contributed by atoms with Crippen LogP contribution in [0, 0.1) is 0 Å². The molecule has 2 fully saturated rings. The fourth-order valence-corrected chi connectivity index (χ4v) is 8.52. The highest BCUT2D eigenvalue weighted by molar-refractivity contribution is 6.74. The van der Waals surface area contributed by atoms with E-state index in [0.717, 1.165) is 24.7 Å². The van der Waals surface area contributed by atoms with Gasteiger partial charge in [0.15, 0.2) is 0 Å². The molecule has 0 unspecified atom stereocenters. The maximum Gasteiger partial charge on any atom is 0.284 e. The quantitative estimate of drug-likeness (QED) is 0.629. The van der Waals surface area contributed by atoms with Crippen LogP contribution in [-0.2, 0) is 0 Å². The summed E-state index contributed by atoms with van der Waals surface area (Å²) in [7, 11) is -1.71. The summed E-state index contributed by atoms with van der Waals surface area (Å²) in [5, 5.41) is 0. The van der Waals surface area contributed by atoms with Crippen molar-refractivity contribution in [1.82, 2.24) is 14.9 Å². The van der Waals surface area contributed by atoms with Gasteiger partial charge in [-0.2, -0.15) is 0 Å². The van der Waals surface area contributed by atoms with Crippen molar-refractivity contribution in [2.75, 3.05) is 13.1 Å². The summed E-state index contributed by atoms with van der Waals surface area (Å²) in [5.41, 5.74) is 0.877. The van der Waals surface area contributed by atoms with Crippen LogP contribution in [0.25, 0.3) is 0 Å². The van der Waals surface area contributed by atoms with Gasteiger partial charge >= 0.3 is 0 Å². The van der Waals surface area contributed by atoms with Crippen LogP contribution in [0.3, 0.4) is 0 Å². The molecule has 0 aromatic carbocycles. The molecule has 2 aliphatic carbocycles. The summed E-state index contributed by atoms with van der Waals surface area (Å²) in [6.07, 6.45) is 12.8. The van der Waals surface area contributed by atoms with Crippen LogP contribution in [0.1, 0.15) is 71.6 Å². The van der Waals surface area contributed by atoms with Gasteiger partial charge in [0.2, 0.25) is 0 Å². The Morgan fingerprint density at radius 3 is 1.84 bits per heavy atom. The molecule has 2 aliphatic rings. The minimum absolute atomic E-state index is 0.770. The van der Waals surface area contributed by atoms with E-state index in [2.05, 4.69) is 28.8 Å². The summed E-state index contributed by atoms with van der Waals surface area (Å²) < 4.78 is 0. The fraction of sp³-hybridized carbons (Fsp3) is 1.00. The Morgan fingerprint density at radius 1 is 0.789 bits per heavy atom. The van der Waals surface area contributed by atoms with Crippen molar-refractivity contribution in [2.24, 2.45) is 0 Å². The zero-order valence-corrected chi connectivity index (χ0v) is 13.9. The molecule has 3 nitrogen and oxygen atoms in total. The summed E-state index contributed by atoms with van der Waals surface area (Å²) in [5.74, 6) is 0. The third-order valence-corrected chi connectivity index (χ3v) is 9.40. The van der Waals surface area contributed by atoms with Gasteiger partial charge in [0.25, 0.3) is 8.56 Å². The molecule has 2 saturated carbocycles. The second-order valence-corrected chi connectivity index (χ2v) is 9.76. The number of hydrogen-bond acceptors (Lipinski definition) is 3. The van der Waals surface area contributed by atoms with Crippen molar-refractivity contribution in [3.05, 3.63) is 0 Å². The first kappa shape index (κ1) is 15.5. The standard InChI is InChI=1S/C15H33N3Si/c1-3-16-19(17-4-2,15-12-6-5-7-13-15)18-14-10-8-9-11-14/h14-18H,3-13H2,1-2H3. The molecule has 0 radical (unpaired) electrons. The third kappa shape index (κ3) is 4.03. The number of nitrogens with one attached hydrogen (secondary N) is 3. The molecule has 0 bridgehead atoms. The minimum atomic E-state index is -1.71. The maximum atomic E-state index is 4.12. The first-order valence-electron chi connectivity index (χ1n) is 8.58. The van der Waals surface area contributed by atoms with Gasteiger partial charge in [0.1, 0.15) is 0 Å². The topological polar surface area (TPSA) is 36.1 Å². The summed E-state index contributed by atoms with van der Waals surface area (Å²) in [6.45, 7) is 6.71. The van der Waals surface area contributed by atoms with Crippen LogP contribution in [0.5, 0.6) is 0 Å². The van der Waals surface area contributed by atoms with E-state index in [1.54, 1.807) is 0 Å². The van der Waals surface area contributed by atoms with Crippen molar-refractivity contribution in [3.8, 4) is 0 Å². The molecule has 0 amide bonds. The average Bonchev–Trinajstić information content (AvgIpc) is 2.93. The normalized spacial score (nSPS) is 23.1. The molecule has 0 aromatic rings. The van der Waals surface area contributed by atoms with Gasteiger partial charge in [-0.1, -0.05) is 46.0 Å². The van der Waals surface area contributed by atoms with E-state index in [9.17, 15) is 0 Å². The van der Waals surface area contributed by atoms with Crippen molar-refractivity contribution in [1.29, 1.82) is 0 Å². The highest BCUT2D eigenvalue weighted by Gasteiger charge is 2.43. The number of hydrogen-bond donors (Lipinski definition) is 3. The second-order valence-electron chi connectivity index (χ2n) is 6.33. The van der Waals surface area contributed by atoms with Gasteiger partial charge in [-0.25, -0.2) is 0 Å². The van der Waals surface area contributed by atoms with Gasteiger partial charge < -0.3 is 14.9 Å². The van der Waals surface area contributed by atoms with Gasteiger partial charge in [-0.3, -0.25) is 0 Å². The van der Waals surface area contributed by atoms with Crippen molar-refractivity contribution >= 4 is 8.56 Å². The molecule has 2 rings (SSSR count). The third-order valence-electron chi connectivity index (χ3n) is 4.92. The lowest BCUT2D eigenvalue weighted by Gasteiger charge is -2.43. The predicted octanol–water partition coefficient (Wildman–Crippen LogP) is 3.01.